The van der Waals surface area contributed by atoms with Crippen LogP contribution >= 0.6 is 0 Å². The second-order valence-electron chi connectivity index (χ2n) is 10.9. The molecular formula is C29H36F3NO7. The predicted molar refractivity (Wildman–Crippen MR) is 140 cm³/mol. The number of rotatable bonds is 11. The average molecular weight is 568 g/mol. The maximum atomic E-state index is 13.7. The Bertz CT molecular complexity index is 1140. The first kappa shape index (κ1) is 32.5. The number of amides is 1. The van der Waals surface area contributed by atoms with E-state index in [1.165, 1.54) is 19.2 Å². The zero-order valence-electron chi connectivity index (χ0n) is 23.4. The van der Waals surface area contributed by atoms with Crippen LogP contribution in [0.15, 0.2) is 54.6 Å². The third-order valence-electron chi connectivity index (χ3n) is 6.04. The first-order valence-electron chi connectivity index (χ1n) is 12.7. The molecule has 1 amide bonds. The number of carbonyl (C=O) groups is 3. The fraction of sp³-hybridized carbons (Fsp3) is 0.483. The number of carboxylic acid groups (broad SMARTS) is 1. The van der Waals surface area contributed by atoms with E-state index in [0.29, 0.717) is 11.1 Å². The lowest BCUT2D eigenvalue weighted by Crippen LogP contribution is -2.63. The van der Waals surface area contributed by atoms with Gasteiger partial charge < -0.3 is 19.3 Å². The van der Waals surface area contributed by atoms with Crippen molar-refractivity contribution < 1.29 is 46.9 Å². The van der Waals surface area contributed by atoms with Gasteiger partial charge in [0, 0.05) is 7.05 Å². The minimum absolute atomic E-state index is 0.140. The Kier molecular flexibility index (Phi) is 10.6. The number of likely N-dealkylation sites (N-methyl/N-ethyl adjacent to an activating group) is 1. The SMILES string of the molecule is CC(C)C[C@@](C(=O)O)([C@@H](Cc1ccc(OC(F)(F)F)cc1)C(=O)OCc1ccccc1)N(C)C(=O)OC(C)(C)C. The summed E-state index contributed by atoms with van der Waals surface area (Å²) < 4.78 is 52.8. The van der Waals surface area contributed by atoms with Crippen molar-refractivity contribution in [1.29, 1.82) is 0 Å². The smallest absolute Gasteiger partial charge is 0.479 e. The number of alkyl halides is 3. The van der Waals surface area contributed by atoms with Gasteiger partial charge in [0.15, 0.2) is 5.54 Å². The number of carboxylic acids is 1. The van der Waals surface area contributed by atoms with Crippen LogP contribution in [0.3, 0.4) is 0 Å². The lowest BCUT2D eigenvalue weighted by atomic mass is 9.73. The Morgan fingerprint density at radius 2 is 1.50 bits per heavy atom. The third-order valence-corrected chi connectivity index (χ3v) is 6.04. The van der Waals surface area contributed by atoms with Crippen LogP contribution in [0.5, 0.6) is 5.75 Å². The van der Waals surface area contributed by atoms with Crippen molar-refractivity contribution in [2.75, 3.05) is 7.05 Å². The summed E-state index contributed by atoms with van der Waals surface area (Å²) in [6.07, 6.45) is -6.24. The molecule has 0 bridgehead atoms. The molecule has 2 aromatic carbocycles. The topological polar surface area (TPSA) is 102 Å². The van der Waals surface area contributed by atoms with E-state index in [1.807, 2.05) is 0 Å². The Labute approximate surface area is 232 Å². The van der Waals surface area contributed by atoms with Gasteiger partial charge in [-0.3, -0.25) is 9.69 Å². The Balaban J connectivity index is 2.58. The first-order valence-corrected chi connectivity index (χ1v) is 12.7. The van der Waals surface area contributed by atoms with Crippen LogP contribution in [0, 0.1) is 11.8 Å². The summed E-state index contributed by atoms with van der Waals surface area (Å²) in [6.45, 7) is 8.22. The molecule has 0 spiro atoms. The van der Waals surface area contributed by atoms with Crippen molar-refractivity contribution in [3.63, 3.8) is 0 Å². The minimum atomic E-state index is -4.89. The second kappa shape index (κ2) is 13.1. The van der Waals surface area contributed by atoms with Gasteiger partial charge in [0.25, 0.3) is 0 Å². The normalized spacial score (nSPS) is 14.2. The molecule has 0 aliphatic carbocycles. The van der Waals surface area contributed by atoms with E-state index in [9.17, 15) is 32.7 Å². The molecule has 0 fully saturated rings. The molecule has 0 radical (unpaired) electrons. The highest BCUT2D eigenvalue weighted by molar-refractivity contribution is 5.91. The Morgan fingerprint density at radius 1 is 0.925 bits per heavy atom. The number of hydrogen-bond acceptors (Lipinski definition) is 6. The molecule has 0 aromatic heterocycles. The number of hydrogen-bond donors (Lipinski definition) is 1. The fourth-order valence-electron chi connectivity index (χ4n) is 4.35. The first-order chi connectivity index (χ1) is 18.4. The standard InChI is InChI=1S/C29H36F3NO7/c1-19(2)17-28(25(35)36,33(6)26(37)40-27(3,4)5)23(24(34)38-18-21-10-8-7-9-11-21)16-20-12-14-22(15-13-20)39-29(30,31)32/h7-15,19,23H,16-18H2,1-6H3,(H,35,36)/t23-,28-/m0/s1. The highest BCUT2D eigenvalue weighted by atomic mass is 19.4. The zero-order valence-corrected chi connectivity index (χ0v) is 23.4. The van der Waals surface area contributed by atoms with Gasteiger partial charge >= 0.3 is 24.4 Å². The van der Waals surface area contributed by atoms with Crippen LogP contribution in [0.2, 0.25) is 0 Å². The molecule has 0 saturated heterocycles. The molecule has 11 heteroatoms. The summed E-state index contributed by atoms with van der Waals surface area (Å²) in [5.41, 5.74) is -2.08. The molecular weight excluding hydrogens is 531 g/mol. The molecule has 0 heterocycles. The summed E-state index contributed by atoms with van der Waals surface area (Å²) in [4.78, 5) is 40.9. The molecule has 2 rings (SSSR count). The van der Waals surface area contributed by atoms with Crippen LogP contribution in [0.25, 0.3) is 0 Å². The number of benzene rings is 2. The molecule has 0 aliphatic heterocycles. The van der Waals surface area contributed by atoms with E-state index in [0.717, 1.165) is 17.0 Å². The van der Waals surface area contributed by atoms with Crippen LogP contribution < -0.4 is 4.74 Å². The monoisotopic (exact) mass is 567 g/mol. The van der Waals surface area contributed by atoms with Crippen molar-refractivity contribution in [3.05, 3.63) is 65.7 Å². The van der Waals surface area contributed by atoms with Crippen molar-refractivity contribution >= 4 is 18.0 Å². The van der Waals surface area contributed by atoms with Crippen molar-refractivity contribution in [2.24, 2.45) is 11.8 Å². The molecule has 2 aromatic rings. The number of halogens is 3. The van der Waals surface area contributed by atoms with Crippen molar-refractivity contribution in [1.82, 2.24) is 4.90 Å². The number of aliphatic carboxylic acids is 1. The van der Waals surface area contributed by atoms with E-state index >= 15 is 0 Å². The molecule has 220 valence electrons. The predicted octanol–water partition coefficient (Wildman–Crippen LogP) is 6.22. The van der Waals surface area contributed by atoms with Crippen LogP contribution in [-0.4, -0.2) is 52.6 Å². The maximum Gasteiger partial charge on any atom is 0.573 e. The lowest BCUT2D eigenvalue weighted by molar-refractivity contribution is -0.274. The fourth-order valence-corrected chi connectivity index (χ4v) is 4.35. The van der Waals surface area contributed by atoms with Crippen molar-refractivity contribution in [2.45, 2.75) is 71.6 Å². The van der Waals surface area contributed by atoms with E-state index in [2.05, 4.69) is 4.74 Å². The zero-order chi connectivity index (χ0) is 30.3. The van der Waals surface area contributed by atoms with Gasteiger partial charge in [-0.05, 0) is 62.8 Å². The average Bonchev–Trinajstić information content (AvgIpc) is 2.83. The van der Waals surface area contributed by atoms with Gasteiger partial charge in [-0.15, -0.1) is 13.2 Å². The van der Waals surface area contributed by atoms with E-state index < -0.39 is 47.2 Å². The van der Waals surface area contributed by atoms with Crippen LogP contribution in [0.4, 0.5) is 18.0 Å². The summed E-state index contributed by atoms with van der Waals surface area (Å²) in [6, 6.07) is 13.5. The highest BCUT2D eigenvalue weighted by Gasteiger charge is 2.56. The van der Waals surface area contributed by atoms with Gasteiger partial charge in [-0.25, -0.2) is 9.59 Å². The largest absolute Gasteiger partial charge is 0.573 e. The van der Waals surface area contributed by atoms with Gasteiger partial charge in [0.2, 0.25) is 0 Å². The molecule has 0 unspecified atom stereocenters. The molecule has 40 heavy (non-hydrogen) atoms. The van der Waals surface area contributed by atoms with Gasteiger partial charge in [-0.2, -0.15) is 0 Å². The summed E-state index contributed by atoms with van der Waals surface area (Å²) in [7, 11) is 1.25. The van der Waals surface area contributed by atoms with E-state index in [-0.39, 0.29) is 25.4 Å². The number of ether oxygens (including phenoxy) is 3. The molecule has 2 atom stereocenters. The second-order valence-corrected chi connectivity index (χ2v) is 10.9. The van der Waals surface area contributed by atoms with E-state index in [4.69, 9.17) is 9.47 Å². The van der Waals surface area contributed by atoms with Crippen molar-refractivity contribution in [3.8, 4) is 5.75 Å². The molecule has 8 nitrogen and oxygen atoms in total. The number of nitrogens with zero attached hydrogens (tertiary/aromatic N) is 1. The van der Waals surface area contributed by atoms with Gasteiger partial charge in [0.1, 0.15) is 18.0 Å². The number of carbonyl (C=O) groups excluding carboxylic acids is 2. The summed E-state index contributed by atoms with van der Waals surface area (Å²) >= 11 is 0. The maximum absolute atomic E-state index is 13.7. The molecule has 0 aliphatic rings. The summed E-state index contributed by atoms with van der Waals surface area (Å²) in [5, 5.41) is 10.6. The number of esters is 1. The highest BCUT2D eigenvalue weighted by Crippen LogP contribution is 2.37. The van der Waals surface area contributed by atoms with E-state index in [1.54, 1.807) is 65.0 Å². The Morgan fingerprint density at radius 3 is 1.98 bits per heavy atom. The lowest BCUT2D eigenvalue weighted by Gasteiger charge is -2.44. The molecule has 1 N–H and O–H groups in total. The quantitative estimate of drug-likeness (QED) is 0.322. The third kappa shape index (κ3) is 9.17. The molecule has 0 saturated carbocycles. The Hall–Kier alpha value is -3.76. The van der Waals surface area contributed by atoms with Crippen LogP contribution in [0.1, 0.15) is 52.2 Å². The van der Waals surface area contributed by atoms with Gasteiger partial charge in [-0.1, -0.05) is 56.3 Å². The van der Waals surface area contributed by atoms with Gasteiger partial charge in [0.05, 0.1) is 5.92 Å². The summed E-state index contributed by atoms with van der Waals surface area (Å²) in [5.74, 6) is -4.57. The minimum Gasteiger partial charge on any atom is -0.479 e. The van der Waals surface area contributed by atoms with Crippen LogP contribution in [-0.2, 0) is 32.1 Å².